The van der Waals surface area contributed by atoms with Gasteiger partial charge in [0.15, 0.2) is 0 Å². The van der Waals surface area contributed by atoms with Gasteiger partial charge in [0.1, 0.15) is 5.60 Å². The van der Waals surface area contributed by atoms with Crippen molar-refractivity contribution >= 4 is 35.7 Å². The molecule has 1 heterocycles. The lowest BCUT2D eigenvalue weighted by atomic mass is 10.2. The highest BCUT2D eigenvalue weighted by Crippen LogP contribution is 2.21. The summed E-state index contributed by atoms with van der Waals surface area (Å²) in [5.74, 6) is 0.915. The van der Waals surface area contributed by atoms with Gasteiger partial charge in [-0.25, -0.2) is 0 Å². The molecule has 0 aliphatic carbocycles. The van der Waals surface area contributed by atoms with Crippen molar-refractivity contribution in [2.24, 2.45) is 0 Å². The molecule has 8 nitrogen and oxygen atoms in total. The number of rotatable bonds is 10. The van der Waals surface area contributed by atoms with Crippen LogP contribution in [-0.2, 0) is 9.53 Å². The first-order valence-electron chi connectivity index (χ1n) is 9.86. The predicted octanol–water partition coefficient (Wildman–Crippen LogP) is 3.26. The highest BCUT2D eigenvalue weighted by Gasteiger charge is 2.10. The molecule has 0 aliphatic rings. The molecule has 0 spiro atoms. The molecule has 0 fully saturated rings. The zero-order chi connectivity index (χ0) is 23.6. The number of nitrogens with zero attached hydrogens (tertiary/aromatic N) is 2. The molecule has 0 radical (unpaired) electrons. The third-order valence-corrected chi connectivity index (χ3v) is 4.41. The van der Waals surface area contributed by atoms with Crippen LogP contribution < -0.4 is 10.6 Å². The van der Waals surface area contributed by atoms with Crippen molar-refractivity contribution < 1.29 is 9.53 Å². The number of hydrogen-bond donors (Lipinski definition) is 4. The van der Waals surface area contributed by atoms with E-state index in [1.54, 1.807) is 18.0 Å². The van der Waals surface area contributed by atoms with Crippen molar-refractivity contribution in [3.8, 4) is 0 Å². The standard InChI is InChI=1S/C15H27N5S.C5H10O2.CH3N/c1-5-18-14-10-12(2)19-11-13(14)15(16)21-9-8-20(4)7-6-17-3;1-5(2,3)7-4-6;1-2/h10-11,16-17H,5-9H2,1-4H3,(H,18,19);4H,1-3H3;2H,1H2. The predicted molar refractivity (Wildman–Crippen MR) is 131 cm³/mol. The van der Waals surface area contributed by atoms with Crippen molar-refractivity contribution in [2.45, 2.75) is 40.2 Å². The maximum atomic E-state index is 9.60. The average molecular weight is 441 g/mol. The molecule has 0 atom stereocenters. The zero-order valence-electron chi connectivity index (χ0n) is 19.6. The molecular weight excluding hydrogens is 400 g/mol. The molecule has 1 aromatic rings. The summed E-state index contributed by atoms with van der Waals surface area (Å²) in [6, 6.07) is 2.01. The van der Waals surface area contributed by atoms with E-state index in [9.17, 15) is 4.79 Å². The van der Waals surface area contributed by atoms with E-state index >= 15 is 0 Å². The van der Waals surface area contributed by atoms with Crippen molar-refractivity contribution in [2.75, 3.05) is 51.3 Å². The zero-order valence-corrected chi connectivity index (χ0v) is 20.4. The van der Waals surface area contributed by atoms with E-state index in [0.717, 1.165) is 48.9 Å². The number of carbonyl (C=O) groups excluding carboxylic acids is 1. The minimum absolute atomic E-state index is 0.318. The average Bonchev–Trinajstić information content (AvgIpc) is 2.68. The molecule has 0 unspecified atom stereocenters. The molecule has 30 heavy (non-hydrogen) atoms. The third-order valence-electron chi connectivity index (χ3n) is 3.52. The molecule has 0 saturated heterocycles. The fraction of sp³-hybridized carbons (Fsp3) is 0.619. The summed E-state index contributed by atoms with van der Waals surface area (Å²) >= 11 is 1.58. The Hall–Kier alpha value is -1.97. The van der Waals surface area contributed by atoms with Crippen LogP contribution >= 0.6 is 11.8 Å². The van der Waals surface area contributed by atoms with Crippen LogP contribution in [0.15, 0.2) is 12.3 Å². The van der Waals surface area contributed by atoms with Crippen LogP contribution in [0.2, 0.25) is 0 Å². The Balaban J connectivity index is 0. The SMILES string of the molecule is C=N.CC(C)(C)OC=O.CCNc1cc(C)ncc1C(=N)SCCN(C)CCNC. The van der Waals surface area contributed by atoms with E-state index in [1.165, 1.54) is 0 Å². The van der Waals surface area contributed by atoms with Crippen molar-refractivity contribution in [1.82, 2.24) is 15.2 Å². The molecule has 0 aromatic carbocycles. The Morgan fingerprint density at radius 3 is 2.47 bits per heavy atom. The van der Waals surface area contributed by atoms with E-state index in [-0.39, 0.29) is 5.60 Å². The van der Waals surface area contributed by atoms with Crippen LogP contribution in [0.3, 0.4) is 0 Å². The van der Waals surface area contributed by atoms with Gasteiger partial charge in [-0.2, -0.15) is 0 Å². The minimum Gasteiger partial charge on any atom is -0.462 e. The monoisotopic (exact) mass is 440 g/mol. The first-order valence-corrected chi connectivity index (χ1v) is 10.8. The van der Waals surface area contributed by atoms with Gasteiger partial charge in [0.2, 0.25) is 0 Å². The molecule has 0 saturated carbocycles. The molecule has 0 aliphatic heterocycles. The van der Waals surface area contributed by atoms with Gasteiger partial charge in [-0.15, -0.1) is 11.8 Å². The molecule has 1 rings (SSSR count). The van der Waals surface area contributed by atoms with E-state index in [0.29, 0.717) is 11.5 Å². The van der Waals surface area contributed by atoms with Gasteiger partial charge in [0.25, 0.3) is 6.47 Å². The number of aryl methyl sites for hydroxylation is 1. The topological polar surface area (TPSA) is 114 Å². The number of ether oxygens (including phenoxy) is 1. The lowest BCUT2D eigenvalue weighted by molar-refractivity contribution is -0.138. The highest BCUT2D eigenvalue weighted by atomic mass is 32.2. The third kappa shape index (κ3) is 15.9. The van der Waals surface area contributed by atoms with Gasteiger partial charge in [0, 0.05) is 55.1 Å². The second-order valence-corrected chi connectivity index (χ2v) is 8.42. The van der Waals surface area contributed by atoms with Gasteiger partial charge in [-0.05, 0) is 61.5 Å². The molecular formula is C21H40N6O2S. The number of hydrogen-bond acceptors (Lipinski definition) is 9. The maximum Gasteiger partial charge on any atom is 0.293 e. The molecule has 9 heteroatoms. The lowest BCUT2D eigenvalue weighted by Crippen LogP contribution is -2.29. The summed E-state index contributed by atoms with van der Waals surface area (Å²) in [6.07, 6.45) is 1.80. The van der Waals surface area contributed by atoms with Gasteiger partial charge in [0.05, 0.1) is 5.04 Å². The lowest BCUT2D eigenvalue weighted by Gasteiger charge is -2.16. The highest BCUT2D eigenvalue weighted by molar-refractivity contribution is 8.14. The summed E-state index contributed by atoms with van der Waals surface area (Å²) in [4.78, 5) is 16.2. The van der Waals surface area contributed by atoms with E-state index in [2.05, 4.69) is 45.9 Å². The molecule has 4 N–H and O–H groups in total. The Kier molecular flexibility index (Phi) is 18.0. The summed E-state index contributed by atoms with van der Waals surface area (Å²) in [5, 5.41) is 20.8. The quantitative estimate of drug-likeness (QED) is 0.251. The van der Waals surface area contributed by atoms with Crippen molar-refractivity contribution in [3.63, 3.8) is 0 Å². The maximum absolute atomic E-state index is 9.60. The minimum atomic E-state index is -0.318. The second-order valence-electron chi connectivity index (χ2n) is 7.31. The van der Waals surface area contributed by atoms with E-state index in [1.807, 2.05) is 40.8 Å². The number of thioether (sulfide) groups is 1. The number of likely N-dealkylation sites (N-methyl/N-ethyl adjacent to an activating group) is 2. The Morgan fingerprint density at radius 2 is 2.00 bits per heavy atom. The fourth-order valence-electron chi connectivity index (χ4n) is 2.02. The van der Waals surface area contributed by atoms with Crippen LogP contribution in [0.5, 0.6) is 0 Å². The smallest absolute Gasteiger partial charge is 0.293 e. The summed E-state index contributed by atoms with van der Waals surface area (Å²) in [5.41, 5.74) is 2.55. The van der Waals surface area contributed by atoms with Gasteiger partial charge in [-0.3, -0.25) is 15.2 Å². The Labute approximate surface area is 186 Å². The van der Waals surface area contributed by atoms with Crippen LogP contribution in [-0.4, -0.2) is 79.7 Å². The molecule has 172 valence electrons. The second kappa shape index (κ2) is 17.9. The van der Waals surface area contributed by atoms with Crippen LogP contribution in [0.25, 0.3) is 0 Å². The molecule has 1 aromatic heterocycles. The fourth-order valence-corrected chi connectivity index (χ4v) is 2.94. The van der Waals surface area contributed by atoms with E-state index in [4.69, 9.17) is 10.8 Å². The molecule has 0 bridgehead atoms. The van der Waals surface area contributed by atoms with Crippen molar-refractivity contribution in [3.05, 3.63) is 23.5 Å². The summed E-state index contributed by atoms with van der Waals surface area (Å²) in [7, 11) is 4.07. The normalized spacial score (nSPS) is 10.3. The Bertz CT molecular complexity index is 608. The summed E-state index contributed by atoms with van der Waals surface area (Å²) < 4.78 is 4.55. The number of aromatic nitrogens is 1. The Morgan fingerprint density at radius 1 is 1.37 bits per heavy atom. The number of anilines is 1. The summed E-state index contributed by atoms with van der Waals surface area (Å²) in [6.45, 7) is 16.3. The van der Waals surface area contributed by atoms with E-state index < -0.39 is 0 Å². The van der Waals surface area contributed by atoms with Gasteiger partial charge in [-0.1, -0.05) is 0 Å². The number of carbonyl (C=O) groups is 1. The largest absolute Gasteiger partial charge is 0.462 e. The first kappa shape index (κ1) is 30.2. The van der Waals surface area contributed by atoms with Crippen LogP contribution in [0, 0.1) is 17.7 Å². The first-order chi connectivity index (χ1) is 14.1. The molecule has 0 amide bonds. The van der Waals surface area contributed by atoms with Crippen LogP contribution in [0.1, 0.15) is 39.0 Å². The van der Waals surface area contributed by atoms with Crippen molar-refractivity contribution in [1.29, 1.82) is 10.8 Å². The van der Waals surface area contributed by atoms with Crippen LogP contribution in [0.4, 0.5) is 5.69 Å². The number of pyridine rings is 1. The van der Waals surface area contributed by atoms with Gasteiger partial charge < -0.3 is 25.7 Å². The van der Waals surface area contributed by atoms with Gasteiger partial charge >= 0.3 is 0 Å². The number of nitrogens with one attached hydrogen (secondary N) is 4.